The highest BCUT2D eigenvalue weighted by atomic mass is 35.5. The highest BCUT2D eigenvalue weighted by molar-refractivity contribution is 6.33. The average Bonchev–Trinajstić information content (AvgIpc) is 2.58. The summed E-state index contributed by atoms with van der Waals surface area (Å²) in [5, 5.41) is 21.7. The van der Waals surface area contributed by atoms with Crippen LogP contribution in [0.3, 0.4) is 0 Å². The molecule has 3 N–H and O–H groups in total. The lowest BCUT2D eigenvalue weighted by Crippen LogP contribution is -2.26. The molecule has 2 rings (SSSR count). The fraction of sp³-hybridized carbons (Fsp3) is 0.300. The maximum atomic E-state index is 10.8. The zero-order valence-electron chi connectivity index (χ0n) is 8.04. The summed E-state index contributed by atoms with van der Waals surface area (Å²) >= 11 is 5.86. The predicted octanol–water partition coefficient (Wildman–Crippen LogP) is 1.78. The molecule has 15 heavy (non-hydrogen) atoms. The molecule has 0 amide bonds. The van der Waals surface area contributed by atoms with Crippen LogP contribution in [0.2, 0.25) is 5.02 Å². The quantitative estimate of drug-likeness (QED) is 0.684. The lowest BCUT2D eigenvalue weighted by atomic mass is 10.1. The SMILES string of the molecule is Cc1cc2c(c(O)c1Cl)CC(C(=O)O)N2. The fourth-order valence-electron chi connectivity index (χ4n) is 1.74. The smallest absolute Gasteiger partial charge is 0.326 e. The Bertz CT molecular complexity index is 445. The molecule has 1 aromatic carbocycles. The van der Waals surface area contributed by atoms with Crippen molar-refractivity contribution in [1.82, 2.24) is 0 Å². The molecule has 0 bridgehead atoms. The third kappa shape index (κ3) is 1.51. The largest absolute Gasteiger partial charge is 0.506 e. The minimum Gasteiger partial charge on any atom is -0.506 e. The van der Waals surface area contributed by atoms with E-state index in [2.05, 4.69) is 5.32 Å². The van der Waals surface area contributed by atoms with Crippen LogP contribution in [-0.4, -0.2) is 22.2 Å². The molecular weight excluding hydrogens is 218 g/mol. The Labute approximate surface area is 91.5 Å². The van der Waals surface area contributed by atoms with Crippen molar-refractivity contribution in [3.8, 4) is 5.75 Å². The Hall–Kier alpha value is -1.42. The van der Waals surface area contributed by atoms with E-state index in [9.17, 15) is 9.90 Å². The average molecular weight is 228 g/mol. The summed E-state index contributed by atoms with van der Waals surface area (Å²) in [5.41, 5.74) is 1.96. The normalized spacial score (nSPS) is 18.4. The van der Waals surface area contributed by atoms with E-state index in [1.54, 1.807) is 13.0 Å². The molecule has 80 valence electrons. The number of fused-ring (bicyclic) bond motifs is 1. The van der Waals surface area contributed by atoms with Crippen LogP contribution in [-0.2, 0) is 11.2 Å². The van der Waals surface area contributed by atoms with Crippen molar-refractivity contribution in [2.75, 3.05) is 5.32 Å². The number of phenolic OH excluding ortho intramolecular Hbond substituents is 1. The van der Waals surface area contributed by atoms with Crippen LogP contribution in [0.15, 0.2) is 6.07 Å². The fourth-order valence-corrected chi connectivity index (χ4v) is 1.91. The lowest BCUT2D eigenvalue weighted by molar-refractivity contribution is -0.137. The van der Waals surface area contributed by atoms with E-state index in [0.717, 1.165) is 5.56 Å². The van der Waals surface area contributed by atoms with Crippen LogP contribution in [0.5, 0.6) is 5.75 Å². The van der Waals surface area contributed by atoms with Crippen LogP contribution in [0.4, 0.5) is 5.69 Å². The first-order valence-electron chi connectivity index (χ1n) is 4.51. The Morgan fingerprint density at radius 2 is 2.33 bits per heavy atom. The molecule has 5 heteroatoms. The zero-order valence-corrected chi connectivity index (χ0v) is 8.80. The van der Waals surface area contributed by atoms with Gasteiger partial charge in [-0.2, -0.15) is 0 Å². The summed E-state index contributed by atoms with van der Waals surface area (Å²) in [4.78, 5) is 10.8. The van der Waals surface area contributed by atoms with Crippen molar-refractivity contribution in [3.63, 3.8) is 0 Å². The van der Waals surface area contributed by atoms with Gasteiger partial charge in [0.15, 0.2) is 0 Å². The molecule has 0 saturated heterocycles. The molecular formula is C10H10ClNO3. The van der Waals surface area contributed by atoms with Crippen molar-refractivity contribution in [2.24, 2.45) is 0 Å². The molecule has 0 spiro atoms. The minimum absolute atomic E-state index is 0.0112. The summed E-state index contributed by atoms with van der Waals surface area (Å²) < 4.78 is 0. The second-order valence-electron chi connectivity index (χ2n) is 3.62. The summed E-state index contributed by atoms with van der Waals surface area (Å²) in [6.07, 6.45) is 0.260. The Kier molecular flexibility index (Phi) is 2.23. The lowest BCUT2D eigenvalue weighted by Gasteiger charge is -2.07. The second-order valence-corrected chi connectivity index (χ2v) is 4.00. The standard InChI is InChI=1S/C10H10ClNO3/c1-4-2-6-5(9(13)8(4)11)3-7(12-6)10(14)15/h2,7,12-13H,3H2,1H3,(H,14,15). The van der Waals surface area contributed by atoms with Gasteiger partial charge >= 0.3 is 5.97 Å². The summed E-state index contributed by atoms with van der Waals surface area (Å²) in [5.74, 6) is -0.942. The first-order chi connectivity index (χ1) is 7.00. The molecule has 1 aliphatic rings. The Morgan fingerprint density at radius 3 is 2.93 bits per heavy atom. The molecule has 0 saturated carbocycles. The third-order valence-electron chi connectivity index (χ3n) is 2.56. The molecule has 1 heterocycles. The number of benzene rings is 1. The predicted molar refractivity (Wildman–Crippen MR) is 56.6 cm³/mol. The monoisotopic (exact) mass is 227 g/mol. The molecule has 0 aromatic heterocycles. The molecule has 0 fully saturated rings. The molecule has 1 unspecified atom stereocenters. The maximum absolute atomic E-state index is 10.8. The van der Waals surface area contributed by atoms with Crippen molar-refractivity contribution in [3.05, 3.63) is 22.2 Å². The van der Waals surface area contributed by atoms with Crippen LogP contribution in [0.25, 0.3) is 0 Å². The first kappa shape index (κ1) is 10.1. The maximum Gasteiger partial charge on any atom is 0.326 e. The highest BCUT2D eigenvalue weighted by Gasteiger charge is 2.29. The van der Waals surface area contributed by atoms with Crippen LogP contribution in [0.1, 0.15) is 11.1 Å². The molecule has 0 radical (unpaired) electrons. The van der Waals surface area contributed by atoms with Gasteiger partial charge in [-0.15, -0.1) is 0 Å². The van der Waals surface area contributed by atoms with Gasteiger partial charge in [-0.3, -0.25) is 0 Å². The minimum atomic E-state index is -0.931. The van der Waals surface area contributed by atoms with E-state index in [1.165, 1.54) is 0 Å². The van der Waals surface area contributed by atoms with Crippen LogP contribution < -0.4 is 5.32 Å². The van der Waals surface area contributed by atoms with Gasteiger partial charge in [0.1, 0.15) is 11.8 Å². The second kappa shape index (κ2) is 3.31. The first-order valence-corrected chi connectivity index (χ1v) is 4.88. The van der Waals surface area contributed by atoms with E-state index in [1.807, 2.05) is 0 Å². The number of phenols is 1. The number of carboxylic acids is 1. The van der Waals surface area contributed by atoms with Gasteiger partial charge in [-0.25, -0.2) is 4.79 Å². The Balaban J connectivity index is 2.47. The van der Waals surface area contributed by atoms with Gasteiger partial charge in [0.05, 0.1) is 5.02 Å². The summed E-state index contributed by atoms with van der Waals surface area (Å²) in [7, 11) is 0. The van der Waals surface area contributed by atoms with Gasteiger partial charge in [-0.05, 0) is 18.6 Å². The van der Waals surface area contributed by atoms with Gasteiger partial charge in [0, 0.05) is 17.7 Å². The van der Waals surface area contributed by atoms with Crippen LogP contribution >= 0.6 is 11.6 Å². The topological polar surface area (TPSA) is 69.6 Å². The number of hydrogen-bond acceptors (Lipinski definition) is 3. The van der Waals surface area contributed by atoms with Gasteiger partial charge in [-0.1, -0.05) is 11.6 Å². The molecule has 4 nitrogen and oxygen atoms in total. The van der Waals surface area contributed by atoms with Crippen molar-refractivity contribution < 1.29 is 15.0 Å². The third-order valence-corrected chi connectivity index (χ3v) is 3.04. The molecule has 1 aliphatic heterocycles. The van der Waals surface area contributed by atoms with Crippen molar-refractivity contribution >= 4 is 23.3 Å². The van der Waals surface area contributed by atoms with Crippen molar-refractivity contribution in [2.45, 2.75) is 19.4 Å². The number of aromatic hydroxyl groups is 1. The van der Waals surface area contributed by atoms with E-state index in [0.29, 0.717) is 16.3 Å². The molecule has 1 aromatic rings. The van der Waals surface area contributed by atoms with Crippen LogP contribution in [0, 0.1) is 6.92 Å². The van der Waals surface area contributed by atoms with E-state index in [4.69, 9.17) is 16.7 Å². The molecule has 1 atom stereocenters. The highest BCUT2D eigenvalue weighted by Crippen LogP contribution is 2.40. The zero-order chi connectivity index (χ0) is 11.2. The number of halogens is 1. The number of anilines is 1. The number of aliphatic carboxylic acids is 1. The summed E-state index contributed by atoms with van der Waals surface area (Å²) in [6, 6.07) is 1.07. The number of hydrogen-bond donors (Lipinski definition) is 3. The van der Waals surface area contributed by atoms with Crippen molar-refractivity contribution in [1.29, 1.82) is 0 Å². The summed E-state index contributed by atoms with van der Waals surface area (Å²) in [6.45, 7) is 1.76. The van der Waals surface area contributed by atoms with E-state index in [-0.39, 0.29) is 12.2 Å². The van der Waals surface area contributed by atoms with Gasteiger partial charge < -0.3 is 15.5 Å². The number of carbonyl (C=O) groups is 1. The van der Waals surface area contributed by atoms with Gasteiger partial charge in [0.25, 0.3) is 0 Å². The number of carboxylic acid groups (broad SMARTS) is 1. The van der Waals surface area contributed by atoms with E-state index < -0.39 is 12.0 Å². The molecule has 0 aliphatic carbocycles. The number of rotatable bonds is 1. The number of nitrogens with one attached hydrogen (secondary N) is 1. The Morgan fingerprint density at radius 1 is 1.67 bits per heavy atom. The number of aryl methyl sites for hydroxylation is 1. The van der Waals surface area contributed by atoms with Gasteiger partial charge in [0.2, 0.25) is 0 Å². The van der Waals surface area contributed by atoms with E-state index >= 15 is 0 Å².